The third-order valence-corrected chi connectivity index (χ3v) is 6.71. The van der Waals surface area contributed by atoms with Crippen molar-refractivity contribution in [2.45, 2.75) is 25.2 Å². The minimum atomic E-state index is -0.598. The van der Waals surface area contributed by atoms with Gasteiger partial charge in [0, 0.05) is 43.8 Å². The minimum absolute atomic E-state index is 0.156. The number of benzene rings is 2. The predicted molar refractivity (Wildman–Crippen MR) is 130 cm³/mol. The summed E-state index contributed by atoms with van der Waals surface area (Å²) in [7, 11) is 1.48. The van der Waals surface area contributed by atoms with Crippen LogP contribution in [0.25, 0.3) is 11.3 Å². The molecule has 5 nitrogen and oxygen atoms in total. The SMILES string of the molecule is COC(=O)C(C)(CCCN1CCN(c2ccc(-c3ccc[nH]3)cc2)CC1)c1ccccc1. The van der Waals surface area contributed by atoms with Crippen molar-refractivity contribution in [1.29, 1.82) is 0 Å². The van der Waals surface area contributed by atoms with E-state index in [0.717, 1.165) is 56.8 Å². The first kappa shape index (κ1) is 22.2. The van der Waals surface area contributed by atoms with Gasteiger partial charge in [-0.15, -0.1) is 0 Å². The summed E-state index contributed by atoms with van der Waals surface area (Å²) in [6.07, 6.45) is 3.70. The molecule has 0 radical (unpaired) electrons. The maximum absolute atomic E-state index is 12.6. The summed E-state index contributed by atoms with van der Waals surface area (Å²) in [6, 6.07) is 22.9. The third kappa shape index (κ3) is 4.89. The summed E-state index contributed by atoms with van der Waals surface area (Å²) in [6.45, 7) is 7.13. The van der Waals surface area contributed by atoms with Gasteiger partial charge in [0.15, 0.2) is 0 Å². The second-order valence-electron chi connectivity index (χ2n) is 8.75. The predicted octanol–water partition coefficient (Wildman–Crippen LogP) is 4.71. The summed E-state index contributed by atoms with van der Waals surface area (Å²) < 4.78 is 5.15. The minimum Gasteiger partial charge on any atom is -0.468 e. The van der Waals surface area contributed by atoms with Gasteiger partial charge in [0.1, 0.15) is 0 Å². The number of piperazine rings is 1. The van der Waals surface area contributed by atoms with Crippen LogP contribution in [0.15, 0.2) is 72.9 Å². The molecule has 0 saturated carbocycles. The first-order valence-electron chi connectivity index (χ1n) is 11.5. The molecule has 4 rings (SSSR count). The topological polar surface area (TPSA) is 48.6 Å². The summed E-state index contributed by atoms with van der Waals surface area (Å²) >= 11 is 0. The van der Waals surface area contributed by atoms with E-state index in [4.69, 9.17) is 4.74 Å². The van der Waals surface area contributed by atoms with Crippen LogP contribution in [0, 0.1) is 0 Å². The summed E-state index contributed by atoms with van der Waals surface area (Å²) in [4.78, 5) is 20.8. The highest BCUT2D eigenvalue weighted by atomic mass is 16.5. The zero-order valence-electron chi connectivity index (χ0n) is 19.1. The smallest absolute Gasteiger partial charge is 0.315 e. The largest absolute Gasteiger partial charge is 0.468 e. The Labute approximate surface area is 191 Å². The molecule has 1 aliphatic rings. The molecule has 2 heterocycles. The zero-order chi connectivity index (χ0) is 22.4. The molecule has 1 N–H and O–H groups in total. The van der Waals surface area contributed by atoms with Gasteiger partial charge >= 0.3 is 5.97 Å². The highest BCUT2D eigenvalue weighted by Crippen LogP contribution is 2.31. The van der Waals surface area contributed by atoms with Crippen molar-refractivity contribution >= 4 is 11.7 Å². The number of ether oxygens (including phenoxy) is 1. The first-order valence-corrected chi connectivity index (χ1v) is 11.5. The molecule has 1 aliphatic heterocycles. The Balaban J connectivity index is 1.28. The molecule has 1 atom stereocenters. The van der Waals surface area contributed by atoms with Crippen molar-refractivity contribution < 1.29 is 9.53 Å². The molecular formula is C27H33N3O2. The standard InChI is InChI=1S/C27H33N3O2/c1-27(26(31)32-2,23-8-4-3-5-9-23)15-7-17-29-18-20-30(21-19-29)24-13-11-22(12-14-24)25-10-6-16-28-25/h3-6,8-14,16,28H,7,15,17-21H2,1-2H3. The number of carbonyl (C=O) groups excluding carboxylic acids is 1. The van der Waals surface area contributed by atoms with Crippen molar-refractivity contribution in [3.05, 3.63) is 78.5 Å². The fourth-order valence-corrected chi connectivity index (χ4v) is 4.64. The first-order chi connectivity index (χ1) is 15.6. The number of hydrogen-bond donors (Lipinski definition) is 1. The molecule has 2 aromatic carbocycles. The molecule has 32 heavy (non-hydrogen) atoms. The molecule has 1 unspecified atom stereocenters. The van der Waals surface area contributed by atoms with Crippen LogP contribution in [0.2, 0.25) is 0 Å². The van der Waals surface area contributed by atoms with Crippen LogP contribution in [0.3, 0.4) is 0 Å². The quantitative estimate of drug-likeness (QED) is 0.525. The van der Waals surface area contributed by atoms with Crippen LogP contribution in [-0.4, -0.2) is 55.7 Å². The number of H-pyrrole nitrogens is 1. The van der Waals surface area contributed by atoms with E-state index >= 15 is 0 Å². The fourth-order valence-electron chi connectivity index (χ4n) is 4.64. The van der Waals surface area contributed by atoms with E-state index < -0.39 is 5.41 Å². The summed E-state index contributed by atoms with van der Waals surface area (Å²) in [5.74, 6) is -0.156. The molecule has 0 spiro atoms. The monoisotopic (exact) mass is 431 g/mol. The molecule has 0 bridgehead atoms. The molecular weight excluding hydrogens is 398 g/mol. The van der Waals surface area contributed by atoms with Gasteiger partial charge in [-0.05, 0) is 61.7 Å². The molecule has 168 valence electrons. The van der Waals surface area contributed by atoms with Crippen LogP contribution in [0.4, 0.5) is 5.69 Å². The number of methoxy groups -OCH3 is 1. The Hall–Kier alpha value is -3.05. The lowest BCUT2D eigenvalue weighted by molar-refractivity contribution is -0.147. The number of anilines is 1. The van der Waals surface area contributed by atoms with Gasteiger partial charge in [-0.2, -0.15) is 0 Å². The van der Waals surface area contributed by atoms with E-state index in [-0.39, 0.29) is 5.97 Å². The Morgan fingerprint density at radius 3 is 2.31 bits per heavy atom. The highest BCUT2D eigenvalue weighted by Gasteiger charge is 2.35. The van der Waals surface area contributed by atoms with Crippen LogP contribution in [-0.2, 0) is 14.9 Å². The Morgan fingerprint density at radius 2 is 1.69 bits per heavy atom. The fraction of sp³-hybridized carbons (Fsp3) is 0.370. The van der Waals surface area contributed by atoms with Crippen molar-refractivity contribution in [3.8, 4) is 11.3 Å². The van der Waals surface area contributed by atoms with Gasteiger partial charge in [-0.25, -0.2) is 0 Å². The van der Waals surface area contributed by atoms with Crippen molar-refractivity contribution in [1.82, 2.24) is 9.88 Å². The van der Waals surface area contributed by atoms with E-state index in [1.165, 1.54) is 18.4 Å². The van der Waals surface area contributed by atoms with Gasteiger partial charge in [0.2, 0.25) is 0 Å². The zero-order valence-corrected chi connectivity index (χ0v) is 19.1. The molecule has 1 fully saturated rings. The molecule has 1 saturated heterocycles. The average molecular weight is 432 g/mol. The summed E-state index contributed by atoms with van der Waals surface area (Å²) in [5, 5.41) is 0. The van der Waals surface area contributed by atoms with Gasteiger partial charge in [0.25, 0.3) is 0 Å². The molecule has 0 amide bonds. The lowest BCUT2D eigenvalue weighted by atomic mass is 9.78. The number of carbonyl (C=O) groups is 1. The van der Waals surface area contributed by atoms with E-state index in [2.05, 4.69) is 45.1 Å². The third-order valence-electron chi connectivity index (χ3n) is 6.71. The van der Waals surface area contributed by atoms with E-state index in [9.17, 15) is 4.79 Å². The second kappa shape index (κ2) is 10.0. The van der Waals surface area contributed by atoms with Gasteiger partial charge in [-0.3, -0.25) is 9.69 Å². The number of esters is 1. The van der Waals surface area contributed by atoms with Crippen LogP contribution in [0.1, 0.15) is 25.3 Å². The average Bonchev–Trinajstić information content (AvgIpc) is 3.39. The molecule has 0 aliphatic carbocycles. The number of nitrogens with one attached hydrogen (secondary N) is 1. The summed E-state index contributed by atoms with van der Waals surface area (Å²) in [5.41, 5.74) is 4.07. The van der Waals surface area contributed by atoms with E-state index in [1.807, 2.05) is 49.5 Å². The number of rotatable bonds is 8. The highest BCUT2D eigenvalue weighted by molar-refractivity contribution is 5.82. The van der Waals surface area contributed by atoms with Gasteiger partial charge in [0.05, 0.1) is 12.5 Å². The molecule has 5 heteroatoms. The number of aromatic nitrogens is 1. The van der Waals surface area contributed by atoms with Gasteiger partial charge in [-0.1, -0.05) is 42.5 Å². The van der Waals surface area contributed by atoms with Crippen molar-refractivity contribution in [2.24, 2.45) is 0 Å². The lowest BCUT2D eigenvalue weighted by Crippen LogP contribution is -2.47. The Kier molecular flexibility index (Phi) is 6.96. The van der Waals surface area contributed by atoms with Crippen LogP contribution in [0.5, 0.6) is 0 Å². The van der Waals surface area contributed by atoms with Crippen molar-refractivity contribution in [3.63, 3.8) is 0 Å². The van der Waals surface area contributed by atoms with Crippen molar-refractivity contribution in [2.75, 3.05) is 44.7 Å². The maximum atomic E-state index is 12.6. The Morgan fingerprint density at radius 1 is 0.969 bits per heavy atom. The van der Waals surface area contributed by atoms with E-state index in [0.29, 0.717) is 0 Å². The number of aromatic amines is 1. The van der Waals surface area contributed by atoms with Gasteiger partial charge < -0.3 is 14.6 Å². The number of hydrogen-bond acceptors (Lipinski definition) is 4. The number of nitrogens with zero attached hydrogens (tertiary/aromatic N) is 2. The van der Waals surface area contributed by atoms with E-state index in [1.54, 1.807) is 0 Å². The Bertz CT molecular complexity index is 978. The van der Waals surface area contributed by atoms with Crippen LogP contribution >= 0.6 is 0 Å². The normalized spacial score (nSPS) is 16.5. The van der Waals surface area contributed by atoms with Crippen LogP contribution < -0.4 is 4.90 Å². The molecule has 3 aromatic rings. The second-order valence-corrected chi connectivity index (χ2v) is 8.75. The lowest BCUT2D eigenvalue weighted by Gasteiger charge is -2.36. The molecule has 1 aromatic heterocycles. The maximum Gasteiger partial charge on any atom is 0.315 e.